The summed E-state index contributed by atoms with van der Waals surface area (Å²) in [6.45, 7) is 0. The lowest BCUT2D eigenvalue weighted by molar-refractivity contribution is 0.415. The highest BCUT2D eigenvalue weighted by atomic mass is 32.2. The molecule has 0 spiro atoms. The van der Waals surface area contributed by atoms with Crippen LogP contribution >= 0.6 is 0 Å². The number of benzene rings is 3. The van der Waals surface area contributed by atoms with Crippen molar-refractivity contribution in [2.45, 2.75) is 4.90 Å². The Labute approximate surface area is 140 Å². The smallest absolute Gasteiger partial charge is 0.276 e. The average molecular weight is 340 g/mol. The van der Waals surface area contributed by atoms with Gasteiger partial charge in [-0.3, -0.25) is 0 Å². The highest BCUT2D eigenvalue weighted by Crippen LogP contribution is 2.24. The zero-order chi connectivity index (χ0) is 17.0. The normalized spacial score (nSPS) is 11.7. The molecule has 0 heterocycles. The minimum absolute atomic E-state index is 0.160. The maximum absolute atomic E-state index is 12.1. The molecule has 5 nitrogen and oxygen atoms in total. The van der Waals surface area contributed by atoms with E-state index >= 15 is 0 Å². The molecule has 0 amide bonds. The van der Waals surface area contributed by atoms with Crippen LogP contribution in [0.25, 0.3) is 10.8 Å². The van der Waals surface area contributed by atoms with Gasteiger partial charge in [0.25, 0.3) is 10.0 Å². The molecule has 0 aliphatic heterocycles. The molecule has 0 unspecified atom stereocenters. The van der Waals surface area contributed by atoms with E-state index in [0.29, 0.717) is 11.3 Å². The topological polar surface area (TPSA) is 67.8 Å². The predicted molar refractivity (Wildman–Crippen MR) is 94.9 cm³/mol. The number of nitrogens with one attached hydrogen (secondary N) is 1. The standard InChI is InChI=1S/C18H16N2O3S/c1-23-18-12-15-8-6-5-7-14(15)11-16(18)13-19-20-24(21,22)17-9-3-2-4-10-17/h2-13,20H,1H3/b19-13+. The van der Waals surface area contributed by atoms with Gasteiger partial charge in [0.1, 0.15) is 5.75 Å². The number of fused-ring (bicyclic) bond motifs is 1. The van der Waals surface area contributed by atoms with Crippen LogP contribution in [0.5, 0.6) is 5.75 Å². The van der Waals surface area contributed by atoms with Gasteiger partial charge < -0.3 is 4.74 Å². The van der Waals surface area contributed by atoms with Crippen LogP contribution in [0.3, 0.4) is 0 Å². The summed E-state index contributed by atoms with van der Waals surface area (Å²) in [6, 6.07) is 19.7. The van der Waals surface area contributed by atoms with Crippen molar-refractivity contribution in [3.8, 4) is 5.75 Å². The second-order valence-corrected chi connectivity index (χ2v) is 6.77. The van der Waals surface area contributed by atoms with Crippen LogP contribution in [0.4, 0.5) is 0 Å². The maximum atomic E-state index is 12.1. The fourth-order valence-corrected chi connectivity index (χ4v) is 3.14. The summed E-state index contributed by atoms with van der Waals surface area (Å²) in [7, 11) is -2.12. The molecular formula is C18H16N2O3S. The summed E-state index contributed by atoms with van der Waals surface area (Å²) in [6.07, 6.45) is 1.44. The summed E-state index contributed by atoms with van der Waals surface area (Å²) >= 11 is 0. The average Bonchev–Trinajstić information content (AvgIpc) is 2.61. The van der Waals surface area contributed by atoms with Gasteiger partial charge in [0.05, 0.1) is 18.2 Å². The van der Waals surface area contributed by atoms with Crippen molar-refractivity contribution in [3.63, 3.8) is 0 Å². The molecule has 0 aliphatic rings. The molecule has 0 atom stereocenters. The van der Waals surface area contributed by atoms with Crippen molar-refractivity contribution in [1.82, 2.24) is 4.83 Å². The summed E-state index contributed by atoms with van der Waals surface area (Å²) in [5, 5.41) is 5.92. The number of rotatable bonds is 5. The zero-order valence-corrected chi connectivity index (χ0v) is 13.8. The summed E-state index contributed by atoms with van der Waals surface area (Å²) in [5.41, 5.74) is 0.687. The molecule has 122 valence electrons. The molecule has 0 bridgehead atoms. The van der Waals surface area contributed by atoms with Crippen LogP contribution < -0.4 is 9.57 Å². The van der Waals surface area contributed by atoms with Crippen LogP contribution in [0.1, 0.15) is 5.56 Å². The second-order valence-electron chi connectivity index (χ2n) is 5.11. The molecule has 1 N–H and O–H groups in total. The quantitative estimate of drug-likeness (QED) is 0.573. The van der Waals surface area contributed by atoms with Crippen LogP contribution in [0.2, 0.25) is 0 Å². The van der Waals surface area contributed by atoms with Gasteiger partial charge in [-0.25, -0.2) is 4.83 Å². The number of hydrogen-bond donors (Lipinski definition) is 1. The van der Waals surface area contributed by atoms with E-state index in [-0.39, 0.29) is 4.90 Å². The van der Waals surface area contributed by atoms with Gasteiger partial charge in [0.2, 0.25) is 0 Å². The van der Waals surface area contributed by atoms with Gasteiger partial charge in [-0.1, -0.05) is 42.5 Å². The Morgan fingerprint density at radius 1 is 0.958 bits per heavy atom. The van der Waals surface area contributed by atoms with Crippen molar-refractivity contribution >= 4 is 27.0 Å². The highest BCUT2D eigenvalue weighted by Gasteiger charge is 2.11. The molecule has 3 aromatic carbocycles. The van der Waals surface area contributed by atoms with Crippen molar-refractivity contribution < 1.29 is 13.2 Å². The van der Waals surface area contributed by atoms with Gasteiger partial charge in [0, 0.05) is 5.56 Å². The van der Waals surface area contributed by atoms with E-state index in [1.807, 2.05) is 36.4 Å². The summed E-state index contributed by atoms with van der Waals surface area (Å²) < 4.78 is 29.6. The van der Waals surface area contributed by atoms with Gasteiger partial charge in [-0.05, 0) is 35.0 Å². The highest BCUT2D eigenvalue weighted by molar-refractivity contribution is 7.89. The number of nitrogens with zero attached hydrogens (tertiary/aromatic N) is 1. The van der Waals surface area contributed by atoms with Crippen LogP contribution in [-0.2, 0) is 10.0 Å². The molecule has 0 radical (unpaired) electrons. The first kappa shape index (κ1) is 16.0. The van der Waals surface area contributed by atoms with E-state index in [1.54, 1.807) is 25.3 Å². The Morgan fingerprint density at radius 2 is 1.58 bits per heavy atom. The summed E-state index contributed by atoms with van der Waals surface area (Å²) in [4.78, 5) is 2.37. The largest absolute Gasteiger partial charge is 0.496 e. The first-order chi connectivity index (χ1) is 11.6. The molecule has 6 heteroatoms. The fraction of sp³-hybridized carbons (Fsp3) is 0.0556. The Kier molecular flexibility index (Phi) is 4.48. The first-order valence-electron chi connectivity index (χ1n) is 7.27. The van der Waals surface area contributed by atoms with E-state index in [2.05, 4.69) is 9.93 Å². The lowest BCUT2D eigenvalue weighted by atomic mass is 10.1. The van der Waals surface area contributed by atoms with E-state index in [1.165, 1.54) is 18.3 Å². The third-order valence-corrected chi connectivity index (χ3v) is 4.77. The van der Waals surface area contributed by atoms with Gasteiger partial charge in [-0.15, -0.1) is 0 Å². The van der Waals surface area contributed by atoms with E-state index in [4.69, 9.17) is 4.74 Å². The lowest BCUT2D eigenvalue weighted by Crippen LogP contribution is -2.18. The Morgan fingerprint density at radius 3 is 2.25 bits per heavy atom. The van der Waals surface area contributed by atoms with E-state index in [9.17, 15) is 8.42 Å². The van der Waals surface area contributed by atoms with Crippen LogP contribution in [0, 0.1) is 0 Å². The maximum Gasteiger partial charge on any atom is 0.276 e. The third-order valence-electron chi connectivity index (χ3n) is 3.53. The molecule has 0 aromatic heterocycles. The number of ether oxygens (including phenoxy) is 1. The van der Waals surface area contributed by atoms with Gasteiger partial charge >= 0.3 is 0 Å². The Balaban J connectivity index is 1.88. The number of hydrazone groups is 1. The van der Waals surface area contributed by atoms with E-state index in [0.717, 1.165) is 10.8 Å². The SMILES string of the molecule is COc1cc2ccccc2cc1/C=N/NS(=O)(=O)c1ccccc1. The fourth-order valence-electron chi connectivity index (χ4n) is 2.33. The Hall–Kier alpha value is -2.86. The van der Waals surface area contributed by atoms with Gasteiger partial charge in [-0.2, -0.15) is 13.5 Å². The Bertz CT molecular complexity index is 984. The predicted octanol–water partition coefficient (Wildman–Crippen LogP) is 3.16. The van der Waals surface area contributed by atoms with Crippen LogP contribution in [0.15, 0.2) is 76.7 Å². The lowest BCUT2D eigenvalue weighted by Gasteiger charge is -2.07. The first-order valence-corrected chi connectivity index (χ1v) is 8.75. The van der Waals surface area contributed by atoms with E-state index < -0.39 is 10.0 Å². The molecule has 3 rings (SSSR count). The number of sulfonamides is 1. The third kappa shape index (κ3) is 3.38. The molecule has 0 saturated heterocycles. The number of methoxy groups -OCH3 is 1. The minimum Gasteiger partial charge on any atom is -0.496 e. The van der Waals surface area contributed by atoms with Gasteiger partial charge in [0.15, 0.2) is 0 Å². The monoisotopic (exact) mass is 340 g/mol. The zero-order valence-electron chi connectivity index (χ0n) is 13.0. The molecule has 0 aliphatic carbocycles. The minimum atomic E-state index is -3.68. The van der Waals surface area contributed by atoms with Crippen molar-refractivity contribution in [1.29, 1.82) is 0 Å². The second kappa shape index (κ2) is 6.72. The molecular weight excluding hydrogens is 324 g/mol. The van der Waals surface area contributed by atoms with Crippen LogP contribution in [-0.4, -0.2) is 21.7 Å². The molecule has 0 fully saturated rings. The molecule has 3 aromatic rings. The van der Waals surface area contributed by atoms with Crippen molar-refractivity contribution in [3.05, 3.63) is 72.3 Å². The van der Waals surface area contributed by atoms with Crippen molar-refractivity contribution in [2.75, 3.05) is 7.11 Å². The molecule has 0 saturated carbocycles. The summed E-state index contributed by atoms with van der Waals surface area (Å²) in [5.74, 6) is 0.622. The van der Waals surface area contributed by atoms with Crippen molar-refractivity contribution in [2.24, 2.45) is 5.10 Å². The molecule has 24 heavy (non-hydrogen) atoms. The number of hydrogen-bond acceptors (Lipinski definition) is 4.